The van der Waals surface area contributed by atoms with Gasteiger partial charge in [-0.2, -0.15) is 0 Å². The first-order valence-corrected chi connectivity index (χ1v) is 9.07. The average Bonchev–Trinajstić information content (AvgIpc) is 2.51. The predicted molar refractivity (Wildman–Crippen MR) is 90.1 cm³/mol. The molecular formula is C17H27NO2S. The fourth-order valence-corrected chi connectivity index (χ4v) is 3.19. The van der Waals surface area contributed by atoms with Crippen LogP contribution in [0.1, 0.15) is 32.6 Å². The number of rotatable bonds is 7. The number of hydrogen-bond donors (Lipinski definition) is 2. The third-order valence-corrected chi connectivity index (χ3v) is 4.79. The third-order valence-electron chi connectivity index (χ3n) is 4.04. The molecule has 1 saturated carbocycles. The van der Waals surface area contributed by atoms with Crippen molar-refractivity contribution in [2.24, 2.45) is 5.92 Å². The average molecular weight is 309 g/mol. The molecule has 0 aromatic heterocycles. The lowest BCUT2D eigenvalue weighted by molar-refractivity contribution is -0.0274. The molecule has 1 aromatic carbocycles. The van der Waals surface area contributed by atoms with E-state index in [-0.39, 0.29) is 0 Å². The fraction of sp³-hybridized carbons (Fsp3) is 0.647. The highest BCUT2D eigenvalue weighted by Gasteiger charge is 2.20. The number of aliphatic hydroxyl groups excluding tert-OH is 1. The summed E-state index contributed by atoms with van der Waals surface area (Å²) in [6.45, 7) is 3.24. The first kappa shape index (κ1) is 16.7. The van der Waals surface area contributed by atoms with E-state index in [1.807, 2.05) is 12.1 Å². The number of ether oxygens (including phenoxy) is 1. The zero-order valence-electron chi connectivity index (χ0n) is 13.0. The van der Waals surface area contributed by atoms with Gasteiger partial charge in [0.05, 0.1) is 18.8 Å². The van der Waals surface area contributed by atoms with Crippen molar-refractivity contribution in [2.45, 2.75) is 49.7 Å². The van der Waals surface area contributed by atoms with Crippen molar-refractivity contribution >= 4 is 17.4 Å². The maximum atomic E-state index is 10.0. The molecule has 0 amide bonds. The lowest BCUT2D eigenvalue weighted by Crippen LogP contribution is -2.30. The minimum atomic E-state index is -0.456. The number of anilines is 1. The minimum Gasteiger partial charge on any atom is -0.389 e. The van der Waals surface area contributed by atoms with Gasteiger partial charge in [0.15, 0.2) is 0 Å². The van der Waals surface area contributed by atoms with Crippen molar-refractivity contribution in [3.05, 3.63) is 24.3 Å². The van der Waals surface area contributed by atoms with Gasteiger partial charge in [-0.05, 0) is 49.3 Å². The molecular weight excluding hydrogens is 282 g/mol. The van der Waals surface area contributed by atoms with Crippen LogP contribution < -0.4 is 5.32 Å². The second kappa shape index (κ2) is 8.66. The maximum absolute atomic E-state index is 10.0. The molecule has 0 aliphatic heterocycles. The Morgan fingerprint density at radius 2 is 2.10 bits per heavy atom. The molecule has 3 atom stereocenters. The van der Waals surface area contributed by atoms with E-state index in [2.05, 4.69) is 30.6 Å². The van der Waals surface area contributed by atoms with Gasteiger partial charge in [0.25, 0.3) is 0 Å². The molecule has 1 aromatic rings. The summed E-state index contributed by atoms with van der Waals surface area (Å²) in [5.74, 6) is 0.758. The van der Waals surface area contributed by atoms with E-state index in [0.717, 1.165) is 24.4 Å². The van der Waals surface area contributed by atoms with Crippen LogP contribution in [0.5, 0.6) is 0 Å². The van der Waals surface area contributed by atoms with Crippen molar-refractivity contribution in [2.75, 3.05) is 24.7 Å². The Labute approximate surface area is 132 Å². The van der Waals surface area contributed by atoms with Crippen LogP contribution in [0.15, 0.2) is 29.2 Å². The molecule has 118 valence electrons. The van der Waals surface area contributed by atoms with Crippen LogP contribution in [0.25, 0.3) is 0 Å². The lowest BCUT2D eigenvalue weighted by atomic mass is 9.89. The fourth-order valence-electron chi connectivity index (χ4n) is 2.78. The van der Waals surface area contributed by atoms with E-state index in [4.69, 9.17) is 4.74 Å². The molecule has 3 unspecified atom stereocenters. The van der Waals surface area contributed by atoms with Crippen molar-refractivity contribution in [3.63, 3.8) is 0 Å². The van der Waals surface area contributed by atoms with Crippen LogP contribution in [0, 0.1) is 5.92 Å². The number of hydrogen-bond acceptors (Lipinski definition) is 4. The highest BCUT2D eigenvalue weighted by atomic mass is 32.2. The van der Waals surface area contributed by atoms with E-state index < -0.39 is 6.10 Å². The summed E-state index contributed by atoms with van der Waals surface area (Å²) < 4.78 is 5.85. The summed E-state index contributed by atoms with van der Waals surface area (Å²) in [6.07, 6.45) is 6.79. The number of nitrogens with one attached hydrogen (secondary N) is 1. The van der Waals surface area contributed by atoms with E-state index in [9.17, 15) is 5.11 Å². The summed E-state index contributed by atoms with van der Waals surface area (Å²) in [4.78, 5) is 1.25. The Balaban J connectivity index is 1.65. The van der Waals surface area contributed by atoms with Crippen LogP contribution in [0.3, 0.4) is 0 Å². The van der Waals surface area contributed by atoms with E-state index in [1.165, 1.54) is 17.7 Å². The number of aliphatic hydroxyl groups is 1. The van der Waals surface area contributed by atoms with Crippen LogP contribution in [-0.4, -0.2) is 36.7 Å². The molecule has 0 radical (unpaired) electrons. The van der Waals surface area contributed by atoms with Crippen LogP contribution in [0.4, 0.5) is 5.69 Å². The molecule has 0 spiro atoms. The molecule has 2 rings (SSSR count). The number of benzene rings is 1. The zero-order valence-corrected chi connectivity index (χ0v) is 13.9. The Bertz CT molecular complexity index is 410. The van der Waals surface area contributed by atoms with Gasteiger partial charge in [-0.25, -0.2) is 0 Å². The minimum absolute atomic E-state index is 0.337. The largest absolute Gasteiger partial charge is 0.389 e. The van der Waals surface area contributed by atoms with Gasteiger partial charge in [-0.15, -0.1) is 11.8 Å². The Hall–Kier alpha value is -0.710. The van der Waals surface area contributed by atoms with Crippen molar-refractivity contribution in [1.29, 1.82) is 0 Å². The van der Waals surface area contributed by atoms with E-state index in [0.29, 0.717) is 19.3 Å². The first-order valence-electron chi connectivity index (χ1n) is 7.85. The molecule has 1 aliphatic rings. The first-order chi connectivity index (χ1) is 10.2. The summed E-state index contributed by atoms with van der Waals surface area (Å²) in [5.41, 5.74) is 1.04. The lowest BCUT2D eigenvalue weighted by Gasteiger charge is -2.27. The molecule has 0 bridgehead atoms. The van der Waals surface area contributed by atoms with Gasteiger partial charge >= 0.3 is 0 Å². The van der Waals surface area contributed by atoms with Gasteiger partial charge in [0.1, 0.15) is 0 Å². The smallest absolute Gasteiger partial charge is 0.0945 e. The normalized spacial score (nSPS) is 23.8. The second-order valence-electron chi connectivity index (χ2n) is 5.99. The Kier molecular flexibility index (Phi) is 6.87. The molecule has 2 N–H and O–H groups in total. The summed E-state index contributed by atoms with van der Waals surface area (Å²) in [5, 5.41) is 13.3. The molecule has 1 aliphatic carbocycles. The second-order valence-corrected chi connectivity index (χ2v) is 6.87. The van der Waals surface area contributed by atoms with Crippen molar-refractivity contribution in [3.8, 4) is 0 Å². The SMILES string of the molecule is CSc1ccc(NCC(O)COC2CCCC(C)C2)cc1. The van der Waals surface area contributed by atoms with Gasteiger partial charge < -0.3 is 15.2 Å². The molecule has 4 heteroatoms. The Morgan fingerprint density at radius 3 is 2.76 bits per heavy atom. The number of thioether (sulfide) groups is 1. The van der Waals surface area contributed by atoms with Crippen molar-refractivity contribution < 1.29 is 9.84 Å². The van der Waals surface area contributed by atoms with E-state index >= 15 is 0 Å². The highest BCUT2D eigenvalue weighted by molar-refractivity contribution is 7.98. The zero-order chi connectivity index (χ0) is 15.1. The highest BCUT2D eigenvalue weighted by Crippen LogP contribution is 2.25. The van der Waals surface area contributed by atoms with E-state index in [1.54, 1.807) is 11.8 Å². The summed E-state index contributed by atoms with van der Waals surface area (Å²) >= 11 is 1.73. The monoisotopic (exact) mass is 309 g/mol. The molecule has 21 heavy (non-hydrogen) atoms. The van der Waals surface area contributed by atoms with Gasteiger partial charge in [0.2, 0.25) is 0 Å². The van der Waals surface area contributed by atoms with Gasteiger partial charge in [0, 0.05) is 17.1 Å². The third kappa shape index (κ3) is 5.89. The van der Waals surface area contributed by atoms with Gasteiger partial charge in [-0.1, -0.05) is 19.8 Å². The van der Waals surface area contributed by atoms with Crippen LogP contribution in [-0.2, 0) is 4.74 Å². The van der Waals surface area contributed by atoms with Crippen molar-refractivity contribution in [1.82, 2.24) is 0 Å². The Morgan fingerprint density at radius 1 is 1.33 bits per heavy atom. The molecule has 0 saturated heterocycles. The summed E-state index contributed by atoms with van der Waals surface area (Å²) in [6, 6.07) is 8.25. The van der Waals surface area contributed by atoms with Gasteiger partial charge in [-0.3, -0.25) is 0 Å². The quantitative estimate of drug-likeness (QED) is 0.752. The maximum Gasteiger partial charge on any atom is 0.0945 e. The topological polar surface area (TPSA) is 41.5 Å². The molecule has 0 heterocycles. The molecule has 1 fully saturated rings. The van der Waals surface area contributed by atoms with Crippen LogP contribution >= 0.6 is 11.8 Å². The standard InChI is InChI=1S/C17H27NO2S/c1-13-4-3-5-16(10-13)20-12-15(19)11-18-14-6-8-17(21-2)9-7-14/h6-9,13,15-16,18-19H,3-5,10-12H2,1-2H3. The molecule has 3 nitrogen and oxygen atoms in total. The van der Waals surface area contributed by atoms with Crippen LogP contribution in [0.2, 0.25) is 0 Å². The summed E-state index contributed by atoms with van der Waals surface area (Å²) in [7, 11) is 0. The predicted octanol–water partition coefficient (Wildman–Crippen LogP) is 3.78.